The quantitative estimate of drug-likeness (QED) is 0.744. The summed E-state index contributed by atoms with van der Waals surface area (Å²) in [6.45, 7) is 4.83. The van der Waals surface area contributed by atoms with Crippen LogP contribution in [0.2, 0.25) is 0 Å². The second-order valence-corrected chi connectivity index (χ2v) is 5.29. The number of nitrogens with one attached hydrogen (secondary N) is 1. The first-order valence-corrected chi connectivity index (χ1v) is 6.38. The molecule has 1 atom stereocenters. The van der Waals surface area contributed by atoms with E-state index in [1.807, 2.05) is 0 Å². The molecule has 1 unspecified atom stereocenters. The average Bonchev–Trinajstić information content (AvgIpc) is 2.72. The third-order valence-corrected chi connectivity index (χ3v) is 3.98. The first-order valence-electron chi connectivity index (χ1n) is 6.38. The van der Waals surface area contributed by atoms with Crippen LogP contribution in [0, 0.1) is 0 Å². The molecule has 15 heavy (non-hydrogen) atoms. The van der Waals surface area contributed by atoms with Crippen LogP contribution in [0.1, 0.15) is 25.7 Å². The van der Waals surface area contributed by atoms with Gasteiger partial charge in [0.15, 0.2) is 0 Å². The average molecular weight is 211 g/mol. The number of rotatable bonds is 3. The van der Waals surface area contributed by atoms with E-state index in [4.69, 9.17) is 0 Å². The predicted molar refractivity (Wildman–Crippen MR) is 64.2 cm³/mol. The molecule has 1 aliphatic heterocycles. The zero-order chi connectivity index (χ0) is 10.7. The van der Waals surface area contributed by atoms with Crippen LogP contribution in [0.3, 0.4) is 0 Å². The fraction of sp³-hybridized carbons (Fsp3) is 1.00. The van der Waals surface area contributed by atoms with Gasteiger partial charge in [-0.1, -0.05) is 12.8 Å². The van der Waals surface area contributed by atoms with Crippen LogP contribution in [0.4, 0.5) is 0 Å². The van der Waals surface area contributed by atoms with E-state index in [1.54, 1.807) is 0 Å². The van der Waals surface area contributed by atoms with Gasteiger partial charge in [0, 0.05) is 38.3 Å². The third kappa shape index (κ3) is 3.16. The lowest BCUT2D eigenvalue weighted by Crippen LogP contribution is -2.54. The van der Waals surface area contributed by atoms with Crippen molar-refractivity contribution in [1.82, 2.24) is 15.1 Å². The molecule has 88 valence electrons. The molecule has 0 radical (unpaired) electrons. The fourth-order valence-electron chi connectivity index (χ4n) is 2.75. The Balaban J connectivity index is 1.72. The zero-order valence-corrected chi connectivity index (χ0v) is 10.2. The van der Waals surface area contributed by atoms with Gasteiger partial charge in [-0.3, -0.25) is 4.90 Å². The SMILES string of the molecule is CN1CCN(C)C(CNC2CCCC2)C1. The van der Waals surface area contributed by atoms with Gasteiger partial charge in [0.05, 0.1) is 0 Å². The molecule has 0 aromatic heterocycles. The summed E-state index contributed by atoms with van der Waals surface area (Å²) >= 11 is 0. The molecule has 2 rings (SSSR count). The molecular weight excluding hydrogens is 186 g/mol. The largest absolute Gasteiger partial charge is 0.312 e. The van der Waals surface area contributed by atoms with E-state index < -0.39 is 0 Å². The normalized spacial score (nSPS) is 31.2. The first kappa shape index (κ1) is 11.4. The highest BCUT2D eigenvalue weighted by Crippen LogP contribution is 2.17. The maximum Gasteiger partial charge on any atom is 0.0345 e. The van der Waals surface area contributed by atoms with Crippen molar-refractivity contribution in [2.75, 3.05) is 40.3 Å². The molecule has 0 spiro atoms. The van der Waals surface area contributed by atoms with Gasteiger partial charge in [0.2, 0.25) is 0 Å². The van der Waals surface area contributed by atoms with Gasteiger partial charge in [-0.15, -0.1) is 0 Å². The minimum Gasteiger partial charge on any atom is -0.312 e. The molecule has 1 heterocycles. The number of piperazine rings is 1. The van der Waals surface area contributed by atoms with E-state index in [0.717, 1.165) is 6.04 Å². The van der Waals surface area contributed by atoms with E-state index in [2.05, 4.69) is 29.2 Å². The van der Waals surface area contributed by atoms with Crippen LogP contribution in [-0.4, -0.2) is 62.2 Å². The van der Waals surface area contributed by atoms with Gasteiger partial charge < -0.3 is 10.2 Å². The second-order valence-electron chi connectivity index (χ2n) is 5.29. The fourth-order valence-corrected chi connectivity index (χ4v) is 2.75. The molecule has 0 bridgehead atoms. The predicted octanol–water partition coefficient (Wildman–Crippen LogP) is 0.764. The van der Waals surface area contributed by atoms with Gasteiger partial charge in [0.1, 0.15) is 0 Å². The van der Waals surface area contributed by atoms with Crippen molar-refractivity contribution in [3.05, 3.63) is 0 Å². The van der Waals surface area contributed by atoms with Crippen molar-refractivity contribution in [1.29, 1.82) is 0 Å². The number of hydrogen-bond acceptors (Lipinski definition) is 3. The van der Waals surface area contributed by atoms with Crippen molar-refractivity contribution in [3.8, 4) is 0 Å². The number of likely N-dealkylation sites (N-methyl/N-ethyl adjacent to an activating group) is 2. The Morgan fingerprint density at radius 2 is 1.87 bits per heavy atom. The Morgan fingerprint density at radius 3 is 2.60 bits per heavy atom. The highest BCUT2D eigenvalue weighted by molar-refractivity contribution is 4.83. The van der Waals surface area contributed by atoms with Gasteiger partial charge in [0.25, 0.3) is 0 Å². The van der Waals surface area contributed by atoms with Crippen molar-refractivity contribution < 1.29 is 0 Å². The molecule has 0 aromatic carbocycles. The Kier molecular flexibility index (Phi) is 4.00. The van der Waals surface area contributed by atoms with Crippen LogP contribution >= 0.6 is 0 Å². The molecule has 0 amide bonds. The van der Waals surface area contributed by atoms with Gasteiger partial charge in [-0.25, -0.2) is 0 Å². The summed E-state index contributed by atoms with van der Waals surface area (Å²) in [5.41, 5.74) is 0. The first-order chi connectivity index (χ1) is 7.25. The molecular formula is C12H25N3. The standard InChI is InChI=1S/C12H25N3/c1-14-7-8-15(2)12(10-14)9-13-11-5-3-4-6-11/h11-13H,3-10H2,1-2H3. The van der Waals surface area contributed by atoms with E-state index in [-0.39, 0.29) is 0 Å². The Morgan fingerprint density at radius 1 is 1.13 bits per heavy atom. The molecule has 1 saturated heterocycles. The number of hydrogen-bond donors (Lipinski definition) is 1. The molecule has 1 saturated carbocycles. The topological polar surface area (TPSA) is 18.5 Å². The zero-order valence-electron chi connectivity index (χ0n) is 10.2. The van der Waals surface area contributed by atoms with E-state index >= 15 is 0 Å². The Hall–Kier alpha value is -0.120. The van der Waals surface area contributed by atoms with E-state index in [9.17, 15) is 0 Å². The second kappa shape index (κ2) is 5.28. The molecule has 1 aliphatic carbocycles. The summed E-state index contributed by atoms with van der Waals surface area (Å²) in [7, 11) is 4.49. The smallest absolute Gasteiger partial charge is 0.0345 e. The Labute approximate surface area is 93.8 Å². The van der Waals surface area contributed by atoms with Gasteiger partial charge >= 0.3 is 0 Å². The van der Waals surface area contributed by atoms with Crippen molar-refractivity contribution >= 4 is 0 Å². The van der Waals surface area contributed by atoms with Gasteiger partial charge in [-0.2, -0.15) is 0 Å². The number of nitrogens with zero attached hydrogens (tertiary/aromatic N) is 2. The monoisotopic (exact) mass is 211 g/mol. The Bertz CT molecular complexity index is 189. The van der Waals surface area contributed by atoms with E-state index in [1.165, 1.54) is 51.9 Å². The molecule has 3 nitrogen and oxygen atoms in total. The maximum absolute atomic E-state index is 3.73. The molecule has 0 aromatic rings. The van der Waals surface area contributed by atoms with Crippen molar-refractivity contribution in [2.45, 2.75) is 37.8 Å². The lowest BCUT2D eigenvalue weighted by molar-refractivity contribution is 0.111. The molecule has 2 aliphatic rings. The van der Waals surface area contributed by atoms with Crippen LogP contribution in [0.15, 0.2) is 0 Å². The summed E-state index contributed by atoms with van der Waals surface area (Å²) in [6.07, 6.45) is 5.65. The minimum atomic E-state index is 0.712. The van der Waals surface area contributed by atoms with Crippen molar-refractivity contribution in [3.63, 3.8) is 0 Å². The van der Waals surface area contributed by atoms with Crippen LogP contribution in [-0.2, 0) is 0 Å². The molecule has 1 N–H and O–H groups in total. The van der Waals surface area contributed by atoms with Crippen LogP contribution in [0.5, 0.6) is 0 Å². The van der Waals surface area contributed by atoms with E-state index in [0.29, 0.717) is 6.04 Å². The van der Waals surface area contributed by atoms with Crippen LogP contribution < -0.4 is 5.32 Å². The lowest BCUT2D eigenvalue weighted by atomic mass is 10.1. The molecule has 2 fully saturated rings. The lowest BCUT2D eigenvalue weighted by Gasteiger charge is -2.38. The maximum atomic E-state index is 3.73. The summed E-state index contributed by atoms with van der Waals surface area (Å²) in [6, 6.07) is 1.52. The highest BCUT2D eigenvalue weighted by atomic mass is 15.3. The van der Waals surface area contributed by atoms with Crippen LogP contribution in [0.25, 0.3) is 0 Å². The summed E-state index contributed by atoms with van der Waals surface area (Å²) in [4.78, 5) is 4.95. The minimum absolute atomic E-state index is 0.712. The molecule has 3 heteroatoms. The third-order valence-electron chi connectivity index (χ3n) is 3.98. The summed E-state index contributed by atoms with van der Waals surface area (Å²) in [5.74, 6) is 0. The van der Waals surface area contributed by atoms with Crippen molar-refractivity contribution in [2.24, 2.45) is 0 Å². The summed E-state index contributed by atoms with van der Waals surface area (Å²) in [5, 5.41) is 3.73. The van der Waals surface area contributed by atoms with Gasteiger partial charge in [-0.05, 0) is 26.9 Å². The summed E-state index contributed by atoms with van der Waals surface area (Å²) < 4.78 is 0. The highest BCUT2D eigenvalue weighted by Gasteiger charge is 2.23.